The van der Waals surface area contributed by atoms with Gasteiger partial charge in [-0.05, 0) is 43.9 Å². The lowest BCUT2D eigenvalue weighted by atomic mass is 9.93. The van der Waals surface area contributed by atoms with Crippen LogP contribution in [0.25, 0.3) is 11.0 Å². The first-order valence-electron chi connectivity index (χ1n) is 5.72. The molecule has 2 aromatic rings. The number of furan rings is 1. The Morgan fingerprint density at radius 2 is 2.00 bits per heavy atom. The Kier molecular flexibility index (Phi) is 1.93. The number of carbonyl (C=O) groups excluding carboxylic acids is 1. The van der Waals surface area contributed by atoms with E-state index in [4.69, 9.17) is 4.42 Å². The van der Waals surface area contributed by atoms with Crippen LogP contribution in [-0.4, -0.2) is 5.78 Å². The lowest BCUT2D eigenvalue weighted by Gasteiger charge is -2.08. The van der Waals surface area contributed by atoms with Crippen LogP contribution in [-0.2, 0) is 6.42 Å². The van der Waals surface area contributed by atoms with Gasteiger partial charge in [0.2, 0.25) is 0 Å². The minimum Gasteiger partial charge on any atom is -0.453 e. The molecule has 16 heavy (non-hydrogen) atoms. The summed E-state index contributed by atoms with van der Waals surface area (Å²) in [5.74, 6) is 0.768. The highest BCUT2D eigenvalue weighted by molar-refractivity contribution is 6.02. The summed E-state index contributed by atoms with van der Waals surface area (Å²) >= 11 is 0. The summed E-state index contributed by atoms with van der Waals surface area (Å²) in [6, 6.07) is 4.17. The zero-order valence-corrected chi connectivity index (χ0v) is 9.59. The molecule has 0 atom stereocenters. The summed E-state index contributed by atoms with van der Waals surface area (Å²) in [6.07, 6.45) is 2.55. The molecule has 0 amide bonds. The second-order valence-electron chi connectivity index (χ2n) is 4.64. The third kappa shape index (κ3) is 1.22. The van der Waals surface area contributed by atoms with Gasteiger partial charge in [-0.15, -0.1) is 0 Å². The summed E-state index contributed by atoms with van der Waals surface area (Å²) in [5.41, 5.74) is 4.40. The summed E-state index contributed by atoms with van der Waals surface area (Å²) in [5, 5.41) is 1.16. The number of carbonyl (C=O) groups is 1. The van der Waals surface area contributed by atoms with Crippen molar-refractivity contribution in [2.24, 2.45) is 0 Å². The molecule has 1 aromatic heterocycles. The number of benzene rings is 1. The van der Waals surface area contributed by atoms with Crippen LogP contribution in [0.5, 0.6) is 0 Å². The van der Waals surface area contributed by atoms with Gasteiger partial charge in [-0.1, -0.05) is 6.07 Å². The maximum atomic E-state index is 11.8. The Labute approximate surface area is 94.3 Å². The van der Waals surface area contributed by atoms with Crippen LogP contribution < -0.4 is 0 Å². The molecule has 82 valence electrons. The smallest absolute Gasteiger partial charge is 0.198 e. The molecule has 0 saturated heterocycles. The summed E-state index contributed by atoms with van der Waals surface area (Å²) in [4.78, 5) is 11.8. The van der Waals surface area contributed by atoms with Crippen molar-refractivity contribution in [1.82, 2.24) is 0 Å². The van der Waals surface area contributed by atoms with E-state index in [1.807, 2.05) is 6.07 Å². The molecule has 0 aliphatic heterocycles. The Morgan fingerprint density at radius 3 is 2.81 bits per heavy atom. The maximum absolute atomic E-state index is 11.8. The topological polar surface area (TPSA) is 30.2 Å². The Hall–Kier alpha value is -1.57. The van der Waals surface area contributed by atoms with E-state index in [2.05, 4.69) is 19.9 Å². The van der Waals surface area contributed by atoms with Gasteiger partial charge in [0.25, 0.3) is 0 Å². The van der Waals surface area contributed by atoms with Crippen LogP contribution in [0.4, 0.5) is 0 Å². The molecule has 0 spiro atoms. The van der Waals surface area contributed by atoms with E-state index in [0.717, 1.165) is 29.4 Å². The van der Waals surface area contributed by atoms with Gasteiger partial charge in [0, 0.05) is 17.4 Å². The molecule has 0 fully saturated rings. The van der Waals surface area contributed by atoms with Gasteiger partial charge in [0.1, 0.15) is 5.58 Å². The van der Waals surface area contributed by atoms with Crippen molar-refractivity contribution < 1.29 is 9.21 Å². The average molecular weight is 214 g/mol. The van der Waals surface area contributed by atoms with Crippen LogP contribution in [0.1, 0.15) is 40.1 Å². The molecule has 0 N–H and O–H groups in total. The molecular weight excluding hydrogens is 200 g/mol. The predicted octanol–water partition coefficient (Wildman–Crippen LogP) is 3.57. The van der Waals surface area contributed by atoms with Crippen LogP contribution in [0.2, 0.25) is 0 Å². The number of rotatable bonds is 0. The van der Waals surface area contributed by atoms with Crippen molar-refractivity contribution >= 4 is 16.8 Å². The van der Waals surface area contributed by atoms with Crippen LogP contribution in [0, 0.1) is 13.8 Å². The van der Waals surface area contributed by atoms with E-state index in [1.165, 1.54) is 11.1 Å². The van der Waals surface area contributed by atoms with Crippen molar-refractivity contribution in [1.29, 1.82) is 0 Å². The highest BCUT2D eigenvalue weighted by atomic mass is 16.3. The zero-order chi connectivity index (χ0) is 11.3. The quantitative estimate of drug-likeness (QED) is 0.671. The lowest BCUT2D eigenvalue weighted by molar-refractivity contribution is 0.0946. The highest BCUT2D eigenvalue weighted by Gasteiger charge is 2.25. The molecule has 0 radical (unpaired) electrons. The number of fused-ring (bicyclic) bond motifs is 3. The van der Waals surface area contributed by atoms with Gasteiger partial charge in [0.05, 0.1) is 0 Å². The van der Waals surface area contributed by atoms with Gasteiger partial charge < -0.3 is 4.42 Å². The van der Waals surface area contributed by atoms with E-state index >= 15 is 0 Å². The summed E-state index contributed by atoms with van der Waals surface area (Å²) in [7, 11) is 0. The molecule has 2 heteroatoms. The van der Waals surface area contributed by atoms with Crippen molar-refractivity contribution in [2.45, 2.75) is 33.1 Å². The van der Waals surface area contributed by atoms with Crippen molar-refractivity contribution in [2.75, 3.05) is 0 Å². The van der Waals surface area contributed by atoms with Gasteiger partial charge in [-0.25, -0.2) is 0 Å². The van der Waals surface area contributed by atoms with Crippen molar-refractivity contribution in [3.05, 3.63) is 34.6 Å². The third-order valence-electron chi connectivity index (χ3n) is 3.32. The Bertz CT molecular complexity index is 590. The summed E-state index contributed by atoms with van der Waals surface area (Å²) < 4.78 is 5.71. The van der Waals surface area contributed by atoms with E-state index in [0.29, 0.717) is 12.2 Å². The van der Waals surface area contributed by atoms with Crippen molar-refractivity contribution in [3.8, 4) is 0 Å². The molecule has 0 bridgehead atoms. The van der Waals surface area contributed by atoms with E-state index in [1.54, 1.807) is 0 Å². The fourth-order valence-electron chi connectivity index (χ4n) is 2.68. The van der Waals surface area contributed by atoms with E-state index in [9.17, 15) is 4.79 Å². The second-order valence-corrected chi connectivity index (χ2v) is 4.64. The predicted molar refractivity (Wildman–Crippen MR) is 63.0 cm³/mol. The average Bonchev–Trinajstić information content (AvgIpc) is 2.57. The fraction of sp³-hybridized carbons (Fsp3) is 0.357. The van der Waals surface area contributed by atoms with Gasteiger partial charge in [-0.2, -0.15) is 0 Å². The minimum atomic E-state index is 0.162. The number of hydrogen-bond donors (Lipinski definition) is 0. The molecule has 1 aromatic carbocycles. The Balaban J connectivity index is 2.40. The minimum absolute atomic E-state index is 0.162. The zero-order valence-electron chi connectivity index (χ0n) is 9.59. The number of aryl methyl sites for hydroxylation is 3. The highest BCUT2D eigenvalue weighted by Crippen LogP contribution is 2.34. The standard InChI is InChI=1S/C14H14O2/c1-8-6-9(2)13-10-4-3-5-11(15)14(10)16-12(13)7-8/h6-7H,3-5H2,1-2H3. The van der Waals surface area contributed by atoms with E-state index < -0.39 is 0 Å². The van der Waals surface area contributed by atoms with Gasteiger partial charge >= 0.3 is 0 Å². The van der Waals surface area contributed by atoms with Crippen LogP contribution in [0.15, 0.2) is 16.5 Å². The molecule has 0 unspecified atom stereocenters. The monoisotopic (exact) mass is 214 g/mol. The second kappa shape index (κ2) is 3.21. The van der Waals surface area contributed by atoms with E-state index in [-0.39, 0.29) is 5.78 Å². The van der Waals surface area contributed by atoms with Gasteiger partial charge in [-0.3, -0.25) is 4.79 Å². The third-order valence-corrected chi connectivity index (χ3v) is 3.32. The molecule has 1 aliphatic carbocycles. The first kappa shape index (κ1) is 9.64. The summed E-state index contributed by atoms with van der Waals surface area (Å²) in [6.45, 7) is 4.14. The molecular formula is C14H14O2. The number of Topliss-reactive ketones (excluding diaryl/α,β-unsaturated/α-hetero) is 1. The Morgan fingerprint density at radius 1 is 1.19 bits per heavy atom. The maximum Gasteiger partial charge on any atom is 0.198 e. The van der Waals surface area contributed by atoms with Crippen LogP contribution in [0.3, 0.4) is 0 Å². The normalized spacial score (nSPS) is 15.5. The van der Waals surface area contributed by atoms with Crippen LogP contribution >= 0.6 is 0 Å². The number of ketones is 1. The first-order chi connectivity index (χ1) is 7.66. The largest absolute Gasteiger partial charge is 0.453 e. The SMILES string of the molecule is Cc1cc(C)c2c3c(oc2c1)C(=O)CCC3. The molecule has 1 heterocycles. The molecule has 2 nitrogen and oxygen atoms in total. The molecule has 3 rings (SSSR count). The first-order valence-corrected chi connectivity index (χ1v) is 5.72. The lowest BCUT2D eigenvalue weighted by Crippen LogP contribution is -2.08. The number of hydrogen-bond acceptors (Lipinski definition) is 2. The van der Waals surface area contributed by atoms with Gasteiger partial charge in [0.15, 0.2) is 11.5 Å². The van der Waals surface area contributed by atoms with Crippen molar-refractivity contribution in [3.63, 3.8) is 0 Å². The molecule has 1 aliphatic rings. The fourth-order valence-corrected chi connectivity index (χ4v) is 2.68. The molecule has 0 saturated carbocycles.